The Morgan fingerprint density at radius 1 is 1.19 bits per heavy atom. The van der Waals surface area contributed by atoms with E-state index < -0.39 is 16.0 Å². The van der Waals surface area contributed by atoms with Crippen LogP contribution in [0.3, 0.4) is 0 Å². The fourth-order valence-corrected chi connectivity index (χ4v) is 6.89. The van der Waals surface area contributed by atoms with E-state index in [1.54, 1.807) is 4.57 Å². The number of carbonyl (C=O) groups is 1. The van der Waals surface area contributed by atoms with Crippen molar-refractivity contribution in [2.24, 2.45) is 5.92 Å². The summed E-state index contributed by atoms with van der Waals surface area (Å²) in [6.45, 7) is 0.654. The van der Waals surface area contributed by atoms with Crippen molar-refractivity contribution in [1.29, 1.82) is 0 Å². The molecular weight excluding hydrogens is 493 g/mol. The Kier molecular flexibility index (Phi) is 7.02. The number of carboxylic acids is 1. The zero-order valence-electron chi connectivity index (χ0n) is 16.9. The van der Waals surface area contributed by atoms with Gasteiger partial charge in [0.05, 0.1) is 26.0 Å². The number of sulfonamides is 1. The quantitative estimate of drug-likeness (QED) is 0.463. The van der Waals surface area contributed by atoms with Gasteiger partial charge in [-0.25, -0.2) is 13.4 Å². The number of thioether (sulfide) groups is 1. The molecule has 1 fully saturated rings. The Morgan fingerprint density at radius 3 is 2.72 bits per heavy atom. The number of hydrogen-bond acceptors (Lipinski definition) is 5. The molecule has 1 atom stereocenters. The molecule has 1 aliphatic heterocycles. The van der Waals surface area contributed by atoms with Gasteiger partial charge in [0, 0.05) is 18.8 Å². The number of halogens is 2. The molecule has 32 heavy (non-hydrogen) atoms. The molecule has 0 bridgehead atoms. The highest BCUT2D eigenvalue weighted by molar-refractivity contribution is 7.99. The molecule has 2 aromatic carbocycles. The molecule has 170 valence electrons. The van der Waals surface area contributed by atoms with Crippen LogP contribution in [-0.2, 0) is 21.4 Å². The zero-order chi connectivity index (χ0) is 22.9. The van der Waals surface area contributed by atoms with Gasteiger partial charge in [0.2, 0.25) is 10.0 Å². The Morgan fingerprint density at radius 2 is 1.97 bits per heavy atom. The van der Waals surface area contributed by atoms with Crippen LogP contribution in [0.1, 0.15) is 12.8 Å². The highest BCUT2D eigenvalue weighted by Crippen LogP contribution is 2.32. The summed E-state index contributed by atoms with van der Waals surface area (Å²) >= 11 is 13.4. The average molecular weight is 514 g/mol. The number of rotatable bonds is 7. The molecule has 1 saturated heterocycles. The van der Waals surface area contributed by atoms with Crippen LogP contribution >= 0.6 is 35.0 Å². The molecule has 0 aliphatic carbocycles. The van der Waals surface area contributed by atoms with Crippen molar-refractivity contribution < 1.29 is 18.3 Å². The van der Waals surface area contributed by atoms with Gasteiger partial charge in [-0.3, -0.25) is 4.79 Å². The van der Waals surface area contributed by atoms with Crippen molar-refractivity contribution >= 4 is 62.0 Å². The van der Waals surface area contributed by atoms with E-state index >= 15 is 0 Å². The molecule has 11 heteroatoms. The van der Waals surface area contributed by atoms with Gasteiger partial charge in [-0.2, -0.15) is 4.31 Å². The molecule has 4 rings (SSSR count). The van der Waals surface area contributed by atoms with Crippen molar-refractivity contribution in [1.82, 2.24) is 13.9 Å². The highest BCUT2D eigenvalue weighted by atomic mass is 35.5. The van der Waals surface area contributed by atoms with Gasteiger partial charge in [-0.05, 0) is 49.1 Å². The molecule has 1 unspecified atom stereocenters. The smallest absolute Gasteiger partial charge is 0.323 e. The van der Waals surface area contributed by atoms with Crippen molar-refractivity contribution in [2.75, 3.05) is 18.8 Å². The summed E-state index contributed by atoms with van der Waals surface area (Å²) in [7, 11) is -3.68. The van der Waals surface area contributed by atoms with Crippen LogP contribution in [0.2, 0.25) is 10.0 Å². The Labute approximate surface area is 200 Å². The summed E-state index contributed by atoms with van der Waals surface area (Å²) < 4.78 is 29.4. The van der Waals surface area contributed by atoms with E-state index in [0.717, 1.165) is 23.9 Å². The summed E-state index contributed by atoms with van der Waals surface area (Å²) in [5, 5.41) is 10.4. The molecule has 0 spiro atoms. The fourth-order valence-electron chi connectivity index (χ4n) is 3.81. The van der Waals surface area contributed by atoms with E-state index in [2.05, 4.69) is 4.98 Å². The lowest BCUT2D eigenvalue weighted by atomic mass is 10.0. The number of para-hydroxylation sites is 2. The normalized spacial score (nSPS) is 17.6. The zero-order valence-corrected chi connectivity index (χ0v) is 20.1. The molecule has 1 N–H and O–H groups in total. The fraction of sp³-hybridized carbons (Fsp3) is 0.333. The average Bonchev–Trinajstić information content (AvgIpc) is 3.11. The third-order valence-corrected chi connectivity index (χ3v) is 9.18. The van der Waals surface area contributed by atoms with Crippen LogP contribution in [0.15, 0.2) is 52.5 Å². The van der Waals surface area contributed by atoms with Crippen LogP contribution in [0.25, 0.3) is 11.0 Å². The maximum atomic E-state index is 13.1. The maximum Gasteiger partial charge on any atom is 0.323 e. The van der Waals surface area contributed by atoms with Crippen LogP contribution < -0.4 is 0 Å². The SMILES string of the molecule is O=C(O)Cn1c(SCC2CCCN(S(=O)(=O)c3ccc(Cl)c(Cl)c3)C2)nc2ccccc21. The number of aliphatic carboxylic acids is 1. The highest BCUT2D eigenvalue weighted by Gasteiger charge is 2.31. The Balaban J connectivity index is 1.49. The van der Waals surface area contributed by atoms with Crippen molar-refractivity contribution in [3.8, 4) is 0 Å². The molecule has 0 radical (unpaired) electrons. The number of hydrogen-bond donors (Lipinski definition) is 1. The summed E-state index contributed by atoms with van der Waals surface area (Å²) in [6.07, 6.45) is 1.64. The van der Waals surface area contributed by atoms with Crippen LogP contribution in [-0.4, -0.2) is 52.2 Å². The summed E-state index contributed by atoms with van der Waals surface area (Å²) in [4.78, 5) is 16.1. The van der Waals surface area contributed by atoms with Crippen LogP contribution in [0.5, 0.6) is 0 Å². The first kappa shape index (κ1) is 23.4. The number of imidazole rings is 1. The van der Waals surface area contributed by atoms with Gasteiger partial charge in [-0.15, -0.1) is 0 Å². The van der Waals surface area contributed by atoms with E-state index in [1.807, 2.05) is 24.3 Å². The standard InChI is InChI=1S/C21H21Cl2N3O4S2/c22-16-8-7-15(10-17(16)23)32(29,30)25-9-3-4-14(11-25)13-31-21-24-18-5-1-2-6-19(18)26(21)12-20(27)28/h1-2,5-8,10,14H,3-4,9,11-13H2,(H,27,28). The van der Waals surface area contributed by atoms with Crippen molar-refractivity contribution in [2.45, 2.75) is 29.4 Å². The Bertz CT molecular complexity index is 1260. The molecule has 1 aromatic heterocycles. The lowest BCUT2D eigenvalue weighted by Gasteiger charge is -2.31. The molecule has 1 aliphatic rings. The van der Waals surface area contributed by atoms with E-state index in [0.29, 0.717) is 29.0 Å². The second-order valence-corrected chi connectivity index (χ2v) is 11.4. The molecule has 7 nitrogen and oxygen atoms in total. The van der Waals surface area contributed by atoms with E-state index in [-0.39, 0.29) is 22.4 Å². The first-order valence-corrected chi connectivity index (χ1v) is 13.2. The predicted molar refractivity (Wildman–Crippen MR) is 126 cm³/mol. The molecule has 3 aromatic rings. The van der Waals surface area contributed by atoms with Crippen molar-refractivity contribution in [3.05, 3.63) is 52.5 Å². The lowest BCUT2D eigenvalue weighted by molar-refractivity contribution is -0.137. The predicted octanol–water partition coefficient (Wildman–Crippen LogP) is 4.62. The largest absolute Gasteiger partial charge is 0.480 e. The van der Waals surface area contributed by atoms with Crippen LogP contribution in [0.4, 0.5) is 0 Å². The summed E-state index contributed by atoms with van der Waals surface area (Å²) in [5.74, 6) is -0.188. The topological polar surface area (TPSA) is 92.5 Å². The Hall–Kier alpha value is -1.78. The van der Waals surface area contributed by atoms with Gasteiger partial charge in [0.15, 0.2) is 5.16 Å². The monoisotopic (exact) mass is 513 g/mol. The van der Waals surface area contributed by atoms with Gasteiger partial charge < -0.3 is 9.67 Å². The third-order valence-electron chi connectivity index (χ3n) is 5.37. The van der Waals surface area contributed by atoms with Crippen LogP contribution in [0, 0.1) is 5.92 Å². The third kappa shape index (κ3) is 4.92. The second kappa shape index (κ2) is 9.61. The molecule has 0 saturated carbocycles. The number of benzene rings is 2. The number of fused-ring (bicyclic) bond motifs is 1. The second-order valence-electron chi connectivity index (χ2n) is 7.62. The molecule has 2 heterocycles. The van der Waals surface area contributed by atoms with Gasteiger partial charge >= 0.3 is 5.97 Å². The number of carboxylic acid groups (broad SMARTS) is 1. The minimum atomic E-state index is -3.68. The molecule has 0 amide bonds. The van der Waals surface area contributed by atoms with Gasteiger partial charge in [-0.1, -0.05) is 47.1 Å². The molecular formula is C21H21Cl2N3O4S2. The summed E-state index contributed by atoms with van der Waals surface area (Å²) in [6, 6.07) is 11.7. The first-order chi connectivity index (χ1) is 15.3. The summed E-state index contributed by atoms with van der Waals surface area (Å²) in [5.41, 5.74) is 1.51. The lowest BCUT2D eigenvalue weighted by Crippen LogP contribution is -2.40. The van der Waals surface area contributed by atoms with E-state index in [9.17, 15) is 18.3 Å². The van der Waals surface area contributed by atoms with Gasteiger partial charge in [0.25, 0.3) is 0 Å². The minimum Gasteiger partial charge on any atom is -0.480 e. The number of piperidine rings is 1. The van der Waals surface area contributed by atoms with E-state index in [4.69, 9.17) is 23.2 Å². The first-order valence-electron chi connectivity index (χ1n) is 10.0. The van der Waals surface area contributed by atoms with E-state index in [1.165, 1.54) is 34.3 Å². The van der Waals surface area contributed by atoms with Gasteiger partial charge in [0.1, 0.15) is 6.54 Å². The number of nitrogens with zero attached hydrogens (tertiary/aromatic N) is 3. The number of aromatic nitrogens is 2. The van der Waals surface area contributed by atoms with Crippen molar-refractivity contribution in [3.63, 3.8) is 0 Å². The minimum absolute atomic E-state index is 0.115. The maximum absolute atomic E-state index is 13.1.